The molecule has 0 amide bonds. The second kappa shape index (κ2) is 6.44. The van der Waals surface area contributed by atoms with Gasteiger partial charge < -0.3 is 0 Å². The molecule has 1 saturated heterocycles. The molecule has 96 valence electrons. The quantitative estimate of drug-likeness (QED) is 0.714. The first-order valence-corrected chi connectivity index (χ1v) is 8.45. The third-order valence-corrected chi connectivity index (χ3v) is 6.17. The minimum atomic E-state index is -3.29. The molecule has 1 atom stereocenters. The molecule has 0 aromatic heterocycles. The number of hydrogen-bond donors (Lipinski definition) is 0. The van der Waals surface area contributed by atoms with Crippen molar-refractivity contribution < 1.29 is 8.42 Å². The Balaban J connectivity index is 2.67. The predicted molar refractivity (Wildman–Crippen MR) is 70.4 cm³/mol. The van der Waals surface area contributed by atoms with E-state index in [1.165, 1.54) is 4.31 Å². The topological polar surface area (TPSA) is 40.6 Å². The molecule has 0 spiro atoms. The highest BCUT2D eigenvalue weighted by molar-refractivity contribution is 7.99. The van der Waals surface area contributed by atoms with Crippen molar-refractivity contribution in [1.29, 1.82) is 0 Å². The third kappa shape index (κ3) is 3.50. The van der Waals surface area contributed by atoms with Crippen molar-refractivity contribution in [3.05, 3.63) is 0 Å². The highest BCUT2D eigenvalue weighted by Crippen LogP contribution is 2.20. The zero-order valence-electron chi connectivity index (χ0n) is 9.73. The van der Waals surface area contributed by atoms with E-state index in [4.69, 9.17) is 11.6 Å². The van der Waals surface area contributed by atoms with Crippen LogP contribution in [0.1, 0.15) is 13.3 Å². The van der Waals surface area contributed by atoms with Gasteiger partial charge in [0, 0.05) is 43.6 Å². The van der Waals surface area contributed by atoms with Gasteiger partial charge in [-0.05, 0) is 13.3 Å². The van der Waals surface area contributed by atoms with Crippen LogP contribution in [0.5, 0.6) is 0 Å². The van der Waals surface area contributed by atoms with Gasteiger partial charge in [0.05, 0.1) is 0 Å². The molecule has 7 heteroatoms. The molecular formula is C9H19ClN2O2S2. The summed E-state index contributed by atoms with van der Waals surface area (Å²) in [4.78, 5) is 0. The summed E-state index contributed by atoms with van der Waals surface area (Å²) in [5.74, 6) is 2.25. The average Bonchev–Trinajstić information content (AvgIpc) is 2.26. The first-order chi connectivity index (χ1) is 7.50. The lowest BCUT2D eigenvalue weighted by molar-refractivity contribution is 0.328. The van der Waals surface area contributed by atoms with E-state index in [0.717, 1.165) is 11.5 Å². The summed E-state index contributed by atoms with van der Waals surface area (Å²) < 4.78 is 27.4. The van der Waals surface area contributed by atoms with Crippen LogP contribution >= 0.6 is 23.4 Å². The van der Waals surface area contributed by atoms with Crippen LogP contribution in [-0.2, 0) is 10.2 Å². The molecular weight excluding hydrogens is 268 g/mol. The number of nitrogens with zero attached hydrogens (tertiary/aromatic N) is 2. The first kappa shape index (κ1) is 14.6. The van der Waals surface area contributed by atoms with Gasteiger partial charge in [-0.2, -0.15) is 28.8 Å². The Hall–Kier alpha value is 0.510. The largest absolute Gasteiger partial charge is 0.282 e. The summed E-state index contributed by atoms with van der Waals surface area (Å²) in [5.41, 5.74) is 0. The van der Waals surface area contributed by atoms with E-state index in [0.29, 0.717) is 25.4 Å². The second-order valence-electron chi connectivity index (χ2n) is 3.91. The van der Waals surface area contributed by atoms with Gasteiger partial charge in [0.1, 0.15) is 0 Å². The Labute approximate surface area is 107 Å². The van der Waals surface area contributed by atoms with E-state index in [2.05, 4.69) is 0 Å². The molecule has 0 radical (unpaired) electrons. The molecule has 1 heterocycles. The Morgan fingerprint density at radius 2 is 2.25 bits per heavy atom. The fourth-order valence-corrected chi connectivity index (χ4v) is 4.54. The molecule has 4 nitrogen and oxygen atoms in total. The van der Waals surface area contributed by atoms with Crippen LogP contribution in [0.25, 0.3) is 0 Å². The Bertz CT molecular complexity index is 311. The van der Waals surface area contributed by atoms with Crippen molar-refractivity contribution in [2.75, 3.05) is 37.5 Å². The number of hydrogen-bond acceptors (Lipinski definition) is 3. The number of alkyl halides is 1. The molecule has 0 N–H and O–H groups in total. The molecule has 0 bridgehead atoms. The molecule has 1 rings (SSSR count). The van der Waals surface area contributed by atoms with Crippen LogP contribution in [0.3, 0.4) is 0 Å². The minimum Gasteiger partial charge on any atom is -0.195 e. The summed E-state index contributed by atoms with van der Waals surface area (Å²) >= 11 is 7.38. The molecule has 1 aliphatic rings. The van der Waals surface area contributed by atoms with E-state index in [9.17, 15) is 8.42 Å². The lowest BCUT2D eigenvalue weighted by Crippen LogP contribution is -2.50. The second-order valence-corrected chi connectivity index (χ2v) is 7.42. The molecule has 1 unspecified atom stereocenters. The monoisotopic (exact) mass is 286 g/mol. The Kier molecular flexibility index (Phi) is 5.87. The van der Waals surface area contributed by atoms with E-state index >= 15 is 0 Å². The smallest absolute Gasteiger partial charge is 0.195 e. The van der Waals surface area contributed by atoms with Crippen molar-refractivity contribution in [3.8, 4) is 0 Å². The summed E-state index contributed by atoms with van der Waals surface area (Å²) in [6, 6.07) is 0.0854. The molecule has 1 fully saturated rings. The molecule has 16 heavy (non-hydrogen) atoms. The summed E-state index contributed by atoms with van der Waals surface area (Å²) in [7, 11) is -1.67. The zero-order chi connectivity index (χ0) is 12.2. The fraction of sp³-hybridized carbons (Fsp3) is 1.00. The van der Waals surface area contributed by atoms with Gasteiger partial charge in [0.15, 0.2) is 0 Å². The molecule has 0 aromatic rings. The van der Waals surface area contributed by atoms with Gasteiger partial charge in [-0.3, -0.25) is 0 Å². The van der Waals surface area contributed by atoms with E-state index < -0.39 is 10.2 Å². The van der Waals surface area contributed by atoms with Gasteiger partial charge in [-0.25, -0.2) is 0 Å². The van der Waals surface area contributed by atoms with Crippen molar-refractivity contribution in [3.63, 3.8) is 0 Å². The summed E-state index contributed by atoms with van der Waals surface area (Å²) in [6.45, 7) is 3.06. The van der Waals surface area contributed by atoms with Crippen LogP contribution in [-0.4, -0.2) is 60.6 Å². The fourth-order valence-electron chi connectivity index (χ4n) is 1.63. The standard InChI is InChI=1S/C9H19ClN2O2S2/c1-9-8-15-7-6-12(9)16(13,14)11(2)5-3-4-10/h9H,3-8H2,1-2H3. The molecule has 0 aliphatic carbocycles. The summed E-state index contributed by atoms with van der Waals surface area (Å²) in [5, 5.41) is 0. The van der Waals surface area contributed by atoms with Crippen LogP contribution in [0.2, 0.25) is 0 Å². The summed E-state index contributed by atoms with van der Waals surface area (Å²) in [6.07, 6.45) is 0.689. The number of rotatable bonds is 5. The first-order valence-electron chi connectivity index (χ1n) is 5.37. The molecule has 0 aromatic carbocycles. The van der Waals surface area contributed by atoms with Gasteiger partial charge in [0.2, 0.25) is 0 Å². The minimum absolute atomic E-state index is 0.0854. The Morgan fingerprint density at radius 3 is 2.81 bits per heavy atom. The van der Waals surface area contributed by atoms with Crippen LogP contribution in [0.15, 0.2) is 0 Å². The van der Waals surface area contributed by atoms with E-state index in [1.54, 1.807) is 23.1 Å². The van der Waals surface area contributed by atoms with Gasteiger partial charge in [0.25, 0.3) is 10.2 Å². The van der Waals surface area contributed by atoms with Crippen molar-refractivity contribution >= 4 is 33.6 Å². The SMILES string of the molecule is CC1CSCCN1S(=O)(=O)N(C)CCCCl. The predicted octanol–water partition coefficient (Wildman–Crippen LogP) is 1.23. The maximum Gasteiger partial charge on any atom is 0.282 e. The van der Waals surface area contributed by atoms with Gasteiger partial charge in [-0.1, -0.05) is 0 Å². The maximum absolute atomic E-state index is 12.2. The third-order valence-electron chi connectivity index (χ3n) is 2.60. The number of halogens is 1. The highest BCUT2D eigenvalue weighted by atomic mass is 35.5. The van der Waals surface area contributed by atoms with Crippen molar-refractivity contribution in [2.24, 2.45) is 0 Å². The van der Waals surface area contributed by atoms with E-state index in [-0.39, 0.29) is 6.04 Å². The normalized spacial score (nSPS) is 23.9. The lowest BCUT2D eigenvalue weighted by Gasteiger charge is -2.34. The van der Waals surface area contributed by atoms with Crippen LogP contribution in [0.4, 0.5) is 0 Å². The molecule has 1 aliphatic heterocycles. The number of thioether (sulfide) groups is 1. The van der Waals surface area contributed by atoms with Crippen molar-refractivity contribution in [2.45, 2.75) is 19.4 Å². The van der Waals surface area contributed by atoms with Gasteiger partial charge >= 0.3 is 0 Å². The van der Waals surface area contributed by atoms with E-state index in [1.807, 2.05) is 6.92 Å². The zero-order valence-corrected chi connectivity index (χ0v) is 12.1. The van der Waals surface area contributed by atoms with Crippen molar-refractivity contribution in [1.82, 2.24) is 8.61 Å². The molecule has 0 saturated carbocycles. The lowest BCUT2D eigenvalue weighted by atomic mass is 10.4. The Morgan fingerprint density at radius 1 is 1.56 bits per heavy atom. The van der Waals surface area contributed by atoms with Crippen LogP contribution in [0, 0.1) is 0 Å². The van der Waals surface area contributed by atoms with Gasteiger partial charge in [-0.15, -0.1) is 11.6 Å². The van der Waals surface area contributed by atoms with Crippen LogP contribution < -0.4 is 0 Å². The maximum atomic E-state index is 12.2. The highest BCUT2D eigenvalue weighted by Gasteiger charge is 2.32. The average molecular weight is 287 g/mol.